The molecule has 120 valence electrons. The van der Waals surface area contributed by atoms with Crippen LogP contribution in [0.4, 0.5) is 4.79 Å². The molecule has 1 heterocycles. The van der Waals surface area contributed by atoms with Crippen LogP contribution < -0.4 is 4.74 Å². The highest BCUT2D eigenvalue weighted by molar-refractivity contribution is 9.10. The molecule has 0 bridgehead atoms. The molecule has 0 aliphatic carbocycles. The van der Waals surface area contributed by atoms with E-state index in [1.54, 1.807) is 11.7 Å². The minimum Gasteiger partial charge on any atom is -0.495 e. The Kier molecular flexibility index (Phi) is 3.84. The Labute approximate surface area is 143 Å². The number of benzene rings is 2. The van der Waals surface area contributed by atoms with Crippen molar-refractivity contribution < 1.29 is 14.3 Å². The average Bonchev–Trinajstić information content (AvgIpc) is 2.81. The lowest BCUT2D eigenvalue weighted by Gasteiger charge is -2.20. The van der Waals surface area contributed by atoms with Crippen LogP contribution in [0.1, 0.15) is 20.8 Å². The second kappa shape index (κ2) is 5.57. The monoisotopic (exact) mass is 375 g/mol. The fraction of sp³-hybridized carbons (Fsp3) is 0.278. The van der Waals surface area contributed by atoms with Gasteiger partial charge in [0.2, 0.25) is 0 Å². The Morgan fingerprint density at radius 2 is 1.78 bits per heavy atom. The van der Waals surface area contributed by atoms with Crippen LogP contribution >= 0.6 is 15.9 Å². The topological polar surface area (TPSA) is 40.5 Å². The maximum atomic E-state index is 12.8. The summed E-state index contributed by atoms with van der Waals surface area (Å²) in [6.07, 6.45) is -0.405. The second-order valence-electron chi connectivity index (χ2n) is 6.31. The molecule has 2 aromatic carbocycles. The van der Waals surface area contributed by atoms with E-state index in [0.29, 0.717) is 5.75 Å². The molecular weight excluding hydrogens is 358 g/mol. The number of carbonyl (C=O) groups excluding carboxylic acids is 1. The van der Waals surface area contributed by atoms with Gasteiger partial charge in [-0.2, -0.15) is 0 Å². The fourth-order valence-electron chi connectivity index (χ4n) is 2.65. The number of ether oxygens (including phenoxy) is 2. The first-order valence-electron chi connectivity index (χ1n) is 7.32. The number of nitrogens with zero attached hydrogens (tertiary/aromatic N) is 1. The summed E-state index contributed by atoms with van der Waals surface area (Å²) in [7, 11) is 1.60. The van der Waals surface area contributed by atoms with Gasteiger partial charge in [0.1, 0.15) is 11.4 Å². The summed E-state index contributed by atoms with van der Waals surface area (Å²) in [5.41, 5.74) is 0.991. The largest absolute Gasteiger partial charge is 0.495 e. The lowest BCUT2D eigenvalue weighted by molar-refractivity contribution is 0.0551. The van der Waals surface area contributed by atoms with E-state index in [-0.39, 0.29) is 0 Å². The minimum atomic E-state index is -0.569. The standard InChI is InChI=1S/C18H18BrNO3/c1-18(2,3)23-17(21)20-13-8-6-5-7-11(13)12-9-10-14(22-4)15(19)16(12)20/h5-10H,1-4H3. The molecule has 4 nitrogen and oxygen atoms in total. The number of hydrogen-bond donors (Lipinski definition) is 0. The van der Waals surface area contributed by atoms with Crippen molar-refractivity contribution in [1.29, 1.82) is 0 Å². The zero-order chi connectivity index (χ0) is 16.8. The van der Waals surface area contributed by atoms with Gasteiger partial charge in [-0.15, -0.1) is 0 Å². The molecule has 0 N–H and O–H groups in total. The summed E-state index contributed by atoms with van der Waals surface area (Å²) in [4.78, 5) is 12.8. The number of carbonyl (C=O) groups is 1. The molecule has 0 amide bonds. The molecule has 23 heavy (non-hydrogen) atoms. The maximum absolute atomic E-state index is 12.8. The number of hydrogen-bond acceptors (Lipinski definition) is 3. The number of fused-ring (bicyclic) bond motifs is 3. The van der Waals surface area contributed by atoms with E-state index in [2.05, 4.69) is 15.9 Å². The van der Waals surface area contributed by atoms with E-state index < -0.39 is 11.7 Å². The lowest BCUT2D eigenvalue weighted by atomic mass is 10.1. The third-order valence-electron chi connectivity index (χ3n) is 3.54. The maximum Gasteiger partial charge on any atom is 0.419 e. The third kappa shape index (κ3) is 2.70. The van der Waals surface area contributed by atoms with Crippen molar-refractivity contribution in [3.05, 3.63) is 40.9 Å². The highest BCUT2D eigenvalue weighted by Crippen LogP contribution is 2.39. The first-order chi connectivity index (χ1) is 10.8. The van der Waals surface area contributed by atoms with Crippen molar-refractivity contribution in [1.82, 2.24) is 4.57 Å². The van der Waals surface area contributed by atoms with Gasteiger partial charge in [-0.1, -0.05) is 18.2 Å². The third-order valence-corrected chi connectivity index (χ3v) is 4.30. The second-order valence-corrected chi connectivity index (χ2v) is 7.10. The van der Waals surface area contributed by atoms with Crippen molar-refractivity contribution >= 4 is 43.8 Å². The van der Waals surface area contributed by atoms with Gasteiger partial charge in [0, 0.05) is 10.8 Å². The van der Waals surface area contributed by atoms with E-state index in [0.717, 1.165) is 26.3 Å². The molecule has 5 heteroatoms. The number of methoxy groups -OCH3 is 1. The molecule has 0 saturated heterocycles. The van der Waals surface area contributed by atoms with Crippen LogP contribution in [0.5, 0.6) is 5.75 Å². The Bertz CT molecular complexity index is 906. The van der Waals surface area contributed by atoms with Crippen LogP contribution in [0.3, 0.4) is 0 Å². The van der Waals surface area contributed by atoms with Crippen molar-refractivity contribution in [2.75, 3.05) is 7.11 Å². The Balaban J connectivity index is 2.38. The molecule has 3 rings (SSSR count). The Hall–Kier alpha value is -2.01. The summed E-state index contributed by atoms with van der Waals surface area (Å²) in [6, 6.07) is 11.6. The van der Waals surface area contributed by atoms with Gasteiger partial charge in [-0.3, -0.25) is 0 Å². The van der Waals surface area contributed by atoms with E-state index in [1.807, 2.05) is 57.2 Å². The average molecular weight is 376 g/mol. The van der Waals surface area contributed by atoms with Crippen LogP contribution in [0.15, 0.2) is 40.9 Å². The van der Waals surface area contributed by atoms with Crippen LogP contribution in [-0.4, -0.2) is 23.4 Å². The summed E-state index contributed by atoms with van der Waals surface area (Å²) in [5.74, 6) is 0.671. The summed E-state index contributed by atoms with van der Waals surface area (Å²) < 4.78 is 13.3. The zero-order valence-corrected chi connectivity index (χ0v) is 15.1. The molecular formula is C18H18BrNO3. The zero-order valence-electron chi connectivity index (χ0n) is 13.5. The molecule has 0 atom stereocenters. The smallest absolute Gasteiger partial charge is 0.419 e. The predicted molar refractivity (Wildman–Crippen MR) is 95.3 cm³/mol. The fourth-order valence-corrected chi connectivity index (χ4v) is 3.34. The molecule has 0 fully saturated rings. The number of para-hydroxylation sites is 1. The van der Waals surface area contributed by atoms with E-state index in [9.17, 15) is 4.79 Å². The van der Waals surface area contributed by atoms with Crippen molar-refractivity contribution in [2.24, 2.45) is 0 Å². The van der Waals surface area contributed by atoms with Crippen molar-refractivity contribution in [2.45, 2.75) is 26.4 Å². The molecule has 3 aromatic rings. The predicted octanol–water partition coefficient (Wildman–Crippen LogP) is 5.35. The van der Waals surface area contributed by atoms with Gasteiger partial charge in [0.15, 0.2) is 0 Å². The van der Waals surface area contributed by atoms with E-state index in [1.165, 1.54) is 0 Å². The summed E-state index contributed by atoms with van der Waals surface area (Å²) in [5, 5.41) is 1.97. The van der Waals surface area contributed by atoms with Crippen LogP contribution in [0.2, 0.25) is 0 Å². The van der Waals surface area contributed by atoms with E-state index in [4.69, 9.17) is 9.47 Å². The number of halogens is 1. The highest BCUT2D eigenvalue weighted by Gasteiger charge is 2.24. The van der Waals surface area contributed by atoms with E-state index >= 15 is 0 Å². The SMILES string of the molecule is COc1ccc2c3ccccc3n(C(=O)OC(C)(C)C)c2c1Br. The lowest BCUT2D eigenvalue weighted by Crippen LogP contribution is -2.27. The van der Waals surface area contributed by atoms with Crippen LogP contribution in [0, 0.1) is 0 Å². The van der Waals surface area contributed by atoms with Crippen LogP contribution in [0.25, 0.3) is 21.8 Å². The van der Waals surface area contributed by atoms with Gasteiger partial charge in [0.25, 0.3) is 0 Å². The summed E-state index contributed by atoms with van der Waals surface area (Å²) >= 11 is 3.57. The number of rotatable bonds is 1. The van der Waals surface area contributed by atoms with Gasteiger partial charge in [-0.05, 0) is 54.9 Å². The Morgan fingerprint density at radius 1 is 1.09 bits per heavy atom. The molecule has 0 unspecified atom stereocenters. The molecule has 1 aromatic heterocycles. The first-order valence-corrected chi connectivity index (χ1v) is 8.12. The Morgan fingerprint density at radius 3 is 2.43 bits per heavy atom. The van der Waals surface area contributed by atoms with Gasteiger partial charge in [0.05, 0.1) is 22.6 Å². The molecule has 0 radical (unpaired) electrons. The van der Waals surface area contributed by atoms with Crippen molar-refractivity contribution in [3.8, 4) is 5.75 Å². The van der Waals surface area contributed by atoms with Crippen molar-refractivity contribution in [3.63, 3.8) is 0 Å². The quantitative estimate of drug-likeness (QED) is 0.575. The first kappa shape index (κ1) is 15.9. The molecule has 0 aliphatic heterocycles. The molecule has 0 spiro atoms. The van der Waals surface area contributed by atoms with Gasteiger partial charge >= 0.3 is 6.09 Å². The van der Waals surface area contributed by atoms with Gasteiger partial charge in [-0.25, -0.2) is 9.36 Å². The minimum absolute atomic E-state index is 0.405. The normalized spacial score (nSPS) is 11.9. The molecule has 0 saturated carbocycles. The van der Waals surface area contributed by atoms with Gasteiger partial charge < -0.3 is 9.47 Å². The molecule has 0 aliphatic rings. The van der Waals surface area contributed by atoms with Crippen LogP contribution in [-0.2, 0) is 4.74 Å². The number of aromatic nitrogens is 1. The summed E-state index contributed by atoms with van der Waals surface area (Å²) in [6.45, 7) is 5.57. The highest BCUT2D eigenvalue weighted by atomic mass is 79.9.